The van der Waals surface area contributed by atoms with E-state index in [0.717, 1.165) is 17.9 Å². The molecule has 0 saturated heterocycles. The molecule has 0 fully saturated rings. The Morgan fingerprint density at radius 3 is 2.50 bits per heavy atom. The van der Waals surface area contributed by atoms with Crippen molar-refractivity contribution >= 4 is 0 Å². The van der Waals surface area contributed by atoms with Crippen LogP contribution in [0.3, 0.4) is 0 Å². The van der Waals surface area contributed by atoms with Gasteiger partial charge >= 0.3 is 0 Å². The number of nitrogens with two attached hydrogens (primary N) is 2. The van der Waals surface area contributed by atoms with Crippen LogP contribution in [0.5, 0.6) is 5.75 Å². The zero-order valence-electron chi connectivity index (χ0n) is 12.1. The second kappa shape index (κ2) is 6.22. The average molecular weight is 273 g/mol. The molecular weight excluding hydrogens is 250 g/mol. The van der Waals surface area contributed by atoms with Crippen LogP contribution in [0.15, 0.2) is 48.6 Å². The van der Waals surface area contributed by atoms with Gasteiger partial charge in [0, 0.05) is 12.6 Å². The second-order valence-corrected chi connectivity index (χ2v) is 5.38. The van der Waals surface area contributed by atoms with Gasteiger partial charge in [0.2, 0.25) is 0 Å². The van der Waals surface area contributed by atoms with E-state index in [1.54, 1.807) is 0 Å². The van der Waals surface area contributed by atoms with Crippen molar-refractivity contribution in [2.24, 2.45) is 11.5 Å². The van der Waals surface area contributed by atoms with E-state index in [9.17, 15) is 0 Å². The molecule has 1 aromatic carbocycles. The highest BCUT2D eigenvalue weighted by Gasteiger charge is 2.31. The first-order valence-electron chi connectivity index (χ1n) is 6.81. The Labute approximate surface area is 120 Å². The number of hydrogen-bond acceptors (Lipinski definition) is 4. The van der Waals surface area contributed by atoms with Gasteiger partial charge in [-0.3, -0.25) is 0 Å². The maximum absolute atomic E-state index is 6.40. The molecule has 2 unspecified atom stereocenters. The van der Waals surface area contributed by atoms with E-state index in [1.165, 1.54) is 0 Å². The molecule has 0 bridgehead atoms. The van der Waals surface area contributed by atoms with Crippen LogP contribution < -0.4 is 16.2 Å². The molecule has 0 spiro atoms. The number of ether oxygens (including phenoxy) is 1. The maximum Gasteiger partial charge on any atom is 0.119 e. The first kappa shape index (κ1) is 14.8. The molecule has 0 amide bonds. The fourth-order valence-electron chi connectivity index (χ4n) is 2.14. The molecule has 0 aliphatic heterocycles. The Hall–Kier alpha value is -1.62. The second-order valence-electron chi connectivity index (χ2n) is 5.38. The third kappa shape index (κ3) is 3.28. The minimum Gasteiger partial charge on any atom is -0.492 e. The predicted octanol–water partition coefficient (Wildman–Crippen LogP) is 1.23. The normalized spacial score (nSPS) is 25.1. The Bertz CT molecular complexity index is 493. The maximum atomic E-state index is 6.40. The van der Waals surface area contributed by atoms with Crippen LogP contribution in [0.1, 0.15) is 5.56 Å². The lowest BCUT2D eigenvalue weighted by molar-refractivity contribution is 0.261. The first-order chi connectivity index (χ1) is 9.52. The van der Waals surface area contributed by atoms with Crippen molar-refractivity contribution in [1.82, 2.24) is 4.90 Å². The fourth-order valence-corrected chi connectivity index (χ4v) is 2.14. The topological polar surface area (TPSA) is 64.5 Å². The summed E-state index contributed by atoms with van der Waals surface area (Å²) in [5.74, 6) is 0.850. The van der Waals surface area contributed by atoms with Gasteiger partial charge in [0.25, 0.3) is 0 Å². The van der Waals surface area contributed by atoms with Crippen LogP contribution in [0.2, 0.25) is 0 Å². The van der Waals surface area contributed by atoms with Gasteiger partial charge in [-0.2, -0.15) is 0 Å². The minimum absolute atomic E-state index is 0.215. The molecule has 2 rings (SSSR count). The van der Waals surface area contributed by atoms with Crippen molar-refractivity contribution in [1.29, 1.82) is 0 Å². The quantitative estimate of drug-likeness (QED) is 0.847. The summed E-state index contributed by atoms with van der Waals surface area (Å²) in [6.45, 7) is 1.56. The molecule has 4 heteroatoms. The van der Waals surface area contributed by atoms with Gasteiger partial charge in [-0.1, -0.05) is 36.4 Å². The molecule has 0 saturated carbocycles. The Balaban J connectivity index is 2.04. The molecular formula is C16H23N3O. The van der Waals surface area contributed by atoms with Crippen LogP contribution >= 0.6 is 0 Å². The molecule has 1 aliphatic rings. The van der Waals surface area contributed by atoms with Crippen LogP contribution in [0.4, 0.5) is 0 Å². The standard InChI is InChI=1S/C16H23N3O/c1-19(2)11-12-20-14-8-6-13(7-9-14)16(18)10-4-3-5-15(16)17/h3-10,15H,11-12,17-18H2,1-2H3. The number of benzene rings is 1. The molecule has 108 valence electrons. The van der Waals surface area contributed by atoms with E-state index >= 15 is 0 Å². The van der Waals surface area contributed by atoms with E-state index < -0.39 is 5.54 Å². The van der Waals surface area contributed by atoms with Gasteiger partial charge in [-0.15, -0.1) is 0 Å². The molecule has 0 radical (unpaired) electrons. The van der Waals surface area contributed by atoms with E-state index in [1.807, 2.05) is 62.7 Å². The number of rotatable bonds is 5. The smallest absolute Gasteiger partial charge is 0.119 e. The number of allylic oxidation sites excluding steroid dienone is 2. The summed E-state index contributed by atoms with van der Waals surface area (Å²) < 4.78 is 5.67. The third-order valence-electron chi connectivity index (χ3n) is 3.51. The minimum atomic E-state index is -0.642. The molecule has 4 N–H and O–H groups in total. The van der Waals surface area contributed by atoms with Crippen molar-refractivity contribution in [3.05, 3.63) is 54.1 Å². The van der Waals surface area contributed by atoms with Crippen LogP contribution in [-0.4, -0.2) is 38.2 Å². The summed E-state index contributed by atoms with van der Waals surface area (Å²) >= 11 is 0. The average Bonchev–Trinajstić information content (AvgIpc) is 2.42. The van der Waals surface area contributed by atoms with E-state index in [2.05, 4.69) is 4.90 Å². The van der Waals surface area contributed by atoms with E-state index in [4.69, 9.17) is 16.2 Å². The van der Waals surface area contributed by atoms with Crippen molar-refractivity contribution in [2.45, 2.75) is 11.6 Å². The highest BCUT2D eigenvalue weighted by atomic mass is 16.5. The summed E-state index contributed by atoms with van der Waals surface area (Å²) in [7, 11) is 4.05. The van der Waals surface area contributed by atoms with E-state index in [-0.39, 0.29) is 6.04 Å². The fraction of sp³-hybridized carbons (Fsp3) is 0.375. The summed E-state index contributed by atoms with van der Waals surface area (Å²) in [5.41, 5.74) is 12.8. The molecule has 4 nitrogen and oxygen atoms in total. The summed E-state index contributed by atoms with van der Waals surface area (Å²) in [5, 5.41) is 0. The highest BCUT2D eigenvalue weighted by Crippen LogP contribution is 2.27. The molecule has 1 aromatic rings. The summed E-state index contributed by atoms with van der Waals surface area (Å²) in [6, 6.07) is 7.63. The molecule has 0 aromatic heterocycles. The lowest BCUT2D eigenvalue weighted by Gasteiger charge is -2.33. The molecule has 0 heterocycles. The highest BCUT2D eigenvalue weighted by molar-refractivity contribution is 5.40. The van der Waals surface area contributed by atoms with Crippen molar-refractivity contribution < 1.29 is 4.74 Å². The zero-order valence-corrected chi connectivity index (χ0v) is 12.1. The Morgan fingerprint density at radius 2 is 1.90 bits per heavy atom. The molecule has 2 atom stereocenters. The van der Waals surface area contributed by atoms with Gasteiger partial charge in [-0.05, 0) is 31.8 Å². The van der Waals surface area contributed by atoms with Crippen molar-refractivity contribution in [3.63, 3.8) is 0 Å². The lowest BCUT2D eigenvalue weighted by Crippen LogP contribution is -2.50. The zero-order chi connectivity index (χ0) is 14.6. The SMILES string of the molecule is CN(C)CCOc1ccc(C2(N)C=CC=CC2N)cc1. The Morgan fingerprint density at radius 1 is 1.20 bits per heavy atom. The monoisotopic (exact) mass is 273 g/mol. The summed E-state index contributed by atoms with van der Waals surface area (Å²) in [4.78, 5) is 2.08. The number of hydrogen-bond donors (Lipinski definition) is 2. The van der Waals surface area contributed by atoms with E-state index in [0.29, 0.717) is 6.61 Å². The van der Waals surface area contributed by atoms with Crippen molar-refractivity contribution in [2.75, 3.05) is 27.2 Å². The predicted molar refractivity (Wildman–Crippen MR) is 82.6 cm³/mol. The number of likely N-dealkylation sites (N-methyl/N-ethyl adjacent to an activating group) is 1. The molecule has 1 aliphatic carbocycles. The Kier molecular flexibility index (Phi) is 4.60. The van der Waals surface area contributed by atoms with Gasteiger partial charge in [0.1, 0.15) is 12.4 Å². The first-order valence-corrected chi connectivity index (χ1v) is 6.81. The largest absolute Gasteiger partial charge is 0.492 e. The van der Waals surface area contributed by atoms with Gasteiger partial charge in [-0.25, -0.2) is 0 Å². The van der Waals surface area contributed by atoms with Gasteiger partial charge < -0.3 is 21.1 Å². The van der Waals surface area contributed by atoms with Gasteiger partial charge in [0.15, 0.2) is 0 Å². The van der Waals surface area contributed by atoms with Crippen LogP contribution in [0.25, 0.3) is 0 Å². The van der Waals surface area contributed by atoms with Crippen LogP contribution in [-0.2, 0) is 5.54 Å². The third-order valence-corrected chi connectivity index (χ3v) is 3.51. The van der Waals surface area contributed by atoms with Gasteiger partial charge in [0.05, 0.1) is 5.54 Å². The van der Waals surface area contributed by atoms with Crippen molar-refractivity contribution in [3.8, 4) is 5.75 Å². The molecule has 20 heavy (non-hydrogen) atoms. The number of nitrogens with zero attached hydrogens (tertiary/aromatic N) is 1. The summed E-state index contributed by atoms with van der Waals surface area (Å²) in [6.07, 6.45) is 7.72. The van der Waals surface area contributed by atoms with Crippen LogP contribution in [0, 0.1) is 0 Å². The lowest BCUT2D eigenvalue weighted by atomic mass is 9.81.